The first-order chi connectivity index (χ1) is 24.9. The molecule has 11 nitrogen and oxygen atoms in total. The second-order valence-electron chi connectivity index (χ2n) is 14.2. The predicted octanol–water partition coefficient (Wildman–Crippen LogP) is 4.49. The number of benzene rings is 2. The molecule has 1 aromatic heterocycles. The average molecular weight is 720 g/mol. The molecule has 4 amide bonds. The van der Waals surface area contributed by atoms with E-state index in [1.165, 1.54) is 11.8 Å². The topological polar surface area (TPSA) is 129 Å². The Morgan fingerprint density at radius 1 is 0.865 bits per heavy atom. The number of hydrogen-bond acceptors (Lipinski definition) is 6. The van der Waals surface area contributed by atoms with Crippen molar-refractivity contribution in [2.24, 2.45) is 5.92 Å². The molecular weight excluding hydrogens is 668 g/mol. The van der Waals surface area contributed by atoms with Crippen LogP contribution in [0.5, 0.6) is 0 Å². The van der Waals surface area contributed by atoms with Crippen molar-refractivity contribution >= 4 is 23.6 Å². The molecule has 0 bridgehead atoms. The number of amides is 4. The number of nitrogens with one attached hydrogen (secondary N) is 3. The number of aromatic nitrogens is 2. The van der Waals surface area contributed by atoms with Gasteiger partial charge in [0, 0.05) is 77.2 Å². The van der Waals surface area contributed by atoms with E-state index in [2.05, 4.69) is 38.1 Å². The van der Waals surface area contributed by atoms with Crippen LogP contribution in [0, 0.1) is 5.92 Å². The molecule has 1 saturated heterocycles. The van der Waals surface area contributed by atoms with Crippen molar-refractivity contribution in [3.05, 3.63) is 89.2 Å². The summed E-state index contributed by atoms with van der Waals surface area (Å²) in [5.41, 5.74) is 3.15. The Morgan fingerprint density at radius 3 is 2.15 bits per heavy atom. The van der Waals surface area contributed by atoms with Gasteiger partial charge in [0.2, 0.25) is 23.6 Å². The SMILES string of the molecule is CCC(=O)N[C@H](Cc1ccc(CNC(=O)C(NC(=O)c2ccnn2C(C)C)C2CCC(F)(F)CC2)cc1)C(=O)N1CCN(Cc2ccccc2)CC1. The van der Waals surface area contributed by atoms with Crippen LogP contribution in [0.2, 0.25) is 0 Å². The molecular formula is C39H51F2N7O4. The van der Waals surface area contributed by atoms with Gasteiger partial charge in [-0.25, -0.2) is 8.78 Å². The number of carbonyl (C=O) groups is 4. The van der Waals surface area contributed by atoms with Crippen LogP contribution in [0.25, 0.3) is 0 Å². The summed E-state index contributed by atoms with van der Waals surface area (Å²) in [6, 6.07) is 17.4. The molecule has 52 heavy (non-hydrogen) atoms. The van der Waals surface area contributed by atoms with Crippen molar-refractivity contribution in [3.63, 3.8) is 0 Å². The molecule has 3 N–H and O–H groups in total. The third kappa shape index (κ3) is 10.5. The quantitative estimate of drug-likeness (QED) is 0.226. The zero-order chi connectivity index (χ0) is 37.3. The Hall–Kier alpha value is -4.65. The maximum atomic E-state index is 14.0. The second-order valence-corrected chi connectivity index (χ2v) is 14.2. The minimum absolute atomic E-state index is 0.0865. The van der Waals surface area contributed by atoms with E-state index in [1.54, 1.807) is 17.7 Å². The van der Waals surface area contributed by atoms with E-state index in [0.29, 0.717) is 25.2 Å². The Kier molecular flexibility index (Phi) is 13.1. The van der Waals surface area contributed by atoms with E-state index in [1.807, 2.05) is 61.2 Å². The summed E-state index contributed by atoms with van der Waals surface area (Å²) in [7, 11) is 0. The summed E-state index contributed by atoms with van der Waals surface area (Å²) >= 11 is 0. The van der Waals surface area contributed by atoms with Crippen LogP contribution < -0.4 is 16.0 Å². The molecule has 1 aliphatic carbocycles. The molecule has 1 unspecified atom stereocenters. The lowest BCUT2D eigenvalue weighted by molar-refractivity contribution is -0.138. The van der Waals surface area contributed by atoms with E-state index < -0.39 is 35.7 Å². The summed E-state index contributed by atoms with van der Waals surface area (Å²) in [6.45, 7) is 9.15. The molecule has 2 atom stereocenters. The maximum absolute atomic E-state index is 14.0. The molecule has 5 rings (SSSR count). The fraction of sp³-hybridized carbons (Fsp3) is 0.513. The minimum atomic E-state index is -2.78. The summed E-state index contributed by atoms with van der Waals surface area (Å²) in [4.78, 5) is 57.1. The Bertz CT molecular complexity index is 1650. The zero-order valence-electron chi connectivity index (χ0n) is 30.3. The molecule has 3 aromatic rings. The van der Waals surface area contributed by atoms with Crippen LogP contribution >= 0.6 is 0 Å². The number of hydrogen-bond donors (Lipinski definition) is 3. The predicted molar refractivity (Wildman–Crippen MR) is 193 cm³/mol. The van der Waals surface area contributed by atoms with Gasteiger partial charge >= 0.3 is 0 Å². The molecule has 1 aliphatic heterocycles. The van der Waals surface area contributed by atoms with Gasteiger partial charge in [0.05, 0.1) is 0 Å². The fourth-order valence-electron chi connectivity index (χ4n) is 6.93. The van der Waals surface area contributed by atoms with Gasteiger partial charge < -0.3 is 20.9 Å². The molecule has 2 fully saturated rings. The monoisotopic (exact) mass is 719 g/mol. The molecule has 280 valence electrons. The zero-order valence-corrected chi connectivity index (χ0v) is 30.3. The number of piperazine rings is 1. The summed E-state index contributed by atoms with van der Waals surface area (Å²) in [5.74, 6) is -4.46. The van der Waals surface area contributed by atoms with Gasteiger partial charge in [0.15, 0.2) is 0 Å². The van der Waals surface area contributed by atoms with Crippen molar-refractivity contribution in [1.82, 2.24) is 35.5 Å². The summed E-state index contributed by atoms with van der Waals surface area (Å²) in [5, 5.41) is 12.8. The van der Waals surface area contributed by atoms with Crippen molar-refractivity contribution in [2.75, 3.05) is 26.2 Å². The number of halogens is 2. The standard InChI is InChI=1S/C39H51F2N7O4/c1-4-34(49)44-32(38(52)47-22-20-46(21-23-47)26-30-8-6-5-7-9-30)24-28-10-12-29(13-11-28)25-42-37(51)35(31-14-17-39(40,41)18-15-31)45-36(50)33-16-19-43-48(33)27(2)3/h5-13,16,19,27,31-32,35H,4,14-15,17-18,20-26H2,1-3H3,(H,42,51)(H,44,49)(H,45,50)/t32-,35?/m1/s1. The summed E-state index contributed by atoms with van der Waals surface area (Å²) in [6.07, 6.45) is 1.64. The van der Waals surface area contributed by atoms with Crippen molar-refractivity contribution in [3.8, 4) is 0 Å². The molecule has 2 aromatic carbocycles. The highest BCUT2D eigenvalue weighted by atomic mass is 19.3. The smallest absolute Gasteiger partial charge is 0.270 e. The second kappa shape index (κ2) is 17.7. The third-order valence-electron chi connectivity index (χ3n) is 10.0. The molecule has 0 spiro atoms. The van der Waals surface area contributed by atoms with Gasteiger partial charge in [-0.2, -0.15) is 5.10 Å². The van der Waals surface area contributed by atoms with Gasteiger partial charge in [-0.3, -0.25) is 28.8 Å². The highest BCUT2D eigenvalue weighted by molar-refractivity contribution is 5.96. The largest absolute Gasteiger partial charge is 0.350 e. The van der Waals surface area contributed by atoms with Gasteiger partial charge in [-0.05, 0) is 55.4 Å². The molecule has 2 heterocycles. The van der Waals surface area contributed by atoms with Crippen molar-refractivity contribution < 1.29 is 28.0 Å². The Balaban J connectivity index is 1.19. The normalized spacial score (nSPS) is 17.7. The number of nitrogens with zero attached hydrogens (tertiary/aromatic N) is 4. The fourth-order valence-corrected chi connectivity index (χ4v) is 6.93. The summed E-state index contributed by atoms with van der Waals surface area (Å²) < 4.78 is 29.6. The first kappa shape index (κ1) is 38.6. The first-order valence-corrected chi connectivity index (χ1v) is 18.3. The van der Waals surface area contributed by atoms with Gasteiger partial charge in [0.1, 0.15) is 17.8 Å². The van der Waals surface area contributed by atoms with E-state index in [9.17, 15) is 28.0 Å². The molecule has 13 heteroatoms. The van der Waals surface area contributed by atoms with E-state index in [-0.39, 0.29) is 56.5 Å². The highest BCUT2D eigenvalue weighted by Crippen LogP contribution is 2.37. The highest BCUT2D eigenvalue weighted by Gasteiger charge is 2.40. The van der Waals surface area contributed by atoms with Gasteiger partial charge in [-0.1, -0.05) is 61.5 Å². The van der Waals surface area contributed by atoms with Crippen LogP contribution in [0.4, 0.5) is 8.78 Å². The third-order valence-corrected chi connectivity index (χ3v) is 10.0. The van der Waals surface area contributed by atoms with E-state index in [0.717, 1.165) is 30.8 Å². The minimum Gasteiger partial charge on any atom is -0.350 e. The van der Waals surface area contributed by atoms with Crippen LogP contribution in [-0.4, -0.2) is 87.4 Å². The molecule has 2 aliphatic rings. The van der Waals surface area contributed by atoms with Crippen molar-refractivity contribution in [1.29, 1.82) is 0 Å². The molecule has 1 saturated carbocycles. The molecule has 0 radical (unpaired) electrons. The van der Waals surface area contributed by atoms with Crippen LogP contribution in [0.1, 0.15) is 86.1 Å². The van der Waals surface area contributed by atoms with Crippen molar-refractivity contribution in [2.45, 2.75) is 96.4 Å². The van der Waals surface area contributed by atoms with E-state index in [4.69, 9.17) is 0 Å². The van der Waals surface area contributed by atoms with Gasteiger partial charge in [-0.15, -0.1) is 0 Å². The number of alkyl halides is 2. The lowest BCUT2D eigenvalue weighted by Gasteiger charge is -2.36. The van der Waals surface area contributed by atoms with Crippen LogP contribution in [0.3, 0.4) is 0 Å². The number of carbonyl (C=O) groups excluding carboxylic acids is 4. The van der Waals surface area contributed by atoms with Gasteiger partial charge in [0.25, 0.3) is 5.91 Å². The van der Waals surface area contributed by atoms with Crippen LogP contribution in [-0.2, 0) is 33.9 Å². The Morgan fingerprint density at radius 2 is 1.52 bits per heavy atom. The average Bonchev–Trinajstić information content (AvgIpc) is 3.65. The van der Waals surface area contributed by atoms with Crippen LogP contribution in [0.15, 0.2) is 66.9 Å². The Labute approximate surface area is 304 Å². The number of rotatable bonds is 14. The lowest BCUT2D eigenvalue weighted by atomic mass is 9.81. The maximum Gasteiger partial charge on any atom is 0.270 e. The lowest BCUT2D eigenvalue weighted by Crippen LogP contribution is -2.55. The van der Waals surface area contributed by atoms with E-state index >= 15 is 0 Å². The first-order valence-electron chi connectivity index (χ1n) is 18.3.